The molecule has 0 aliphatic heterocycles. The molecule has 1 fully saturated rings. The molecule has 2 unspecified atom stereocenters. The number of nitrogens with two attached hydrogens (primary N) is 1. The molecule has 1 aliphatic rings. The van der Waals surface area contributed by atoms with Gasteiger partial charge in [0.25, 0.3) is 0 Å². The van der Waals surface area contributed by atoms with E-state index in [1.165, 1.54) is 12.1 Å². The molecule has 18 heavy (non-hydrogen) atoms. The van der Waals surface area contributed by atoms with Crippen molar-refractivity contribution >= 4 is 11.0 Å². The fourth-order valence-electron chi connectivity index (χ4n) is 2.42. The van der Waals surface area contributed by atoms with Crippen molar-refractivity contribution in [2.24, 2.45) is 11.7 Å². The van der Waals surface area contributed by atoms with Gasteiger partial charge in [0.1, 0.15) is 17.2 Å². The zero-order chi connectivity index (χ0) is 12.7. The molecule has 3 rings (SSSR count). The Morgan fingerprint density at radius 2 is 2.17 bits per heavy atom. The van der Waals surface area contributed by atoms with E-state index in [1.54, 1.807) is 19.2 Å². The molecule has 0 amide bonds. The average Bonchev–Trinajstić information content (AvgIpc) is 3.08. The lowest BCUT2D eigenvalue weighted by molar-refractivity contribution is 0.0568. The van der Waals surface area contributed by atoms with Crippen LogP contribution in [0.5, 0.6) is 0 Å². The minimum atomic E-state index is -0.294. The third kappa shape index (κ3) is 2.02. The Morgan fingerprint density at radius 1 is 1.39 bits per heavy atom. The predicted molar refractivity (Wildman–Crippen MR) is 66.6 cm³/mol. The highest BCUT2D eigenvalue weighted by atomic mass is 19.1. The van der Waals surface area contributed by atoms with Crippen molar-refractivity contribution in [2.45, 2.75) is 25.0 Å². The molecule has 0 radical (unpaired) electrons. The quantitative estimate of drug-likeness (QED) is 0.906. The third-order valence-corrected chi connectivity index (χ3v) is 3.54. The molecule has 0 spiro atoms. The van der Waals surface area contributed by atoms with Crippen molar-refractivity contribution in [1.82, 2.24) is 0 Å². The first-order chi connectivity index (χ1) is 8.69. The first-order valence-electron chi connectivity index (χ1n) is 6.16. The van der Waals surface area contributed by atoms with Crippen LogP contribution in [0.25, 0.3) is 11.0 Å². The van der Waals surface area contributed by atoms with E-state index in [-0.39, 0.29) is 18.0 Å². The molecule has 1 aromatic carbocycles. The molecule has 1 heterocycles. The van der Waals surface area contributed by atoms with Gasteiger partial charge in [0.2, 0.25) is 0 Å². The van der Waals surface area contributed by atoms with Gasteiger partial charge in [-0.2, -0.15) is 0 Å². The number of methoxy groups -OCH3 is 1. The van der Waals surface area contributed by atoms with Crippen LogP contribution in [0.1, 0.15) is 24.6 Å². The Kier molecular flexibility index (Phi) is 2.84. The first-order valence-corrected chi connectivity index (χ1v) is 6.16. The van der Waals surface area contributed by atoms with Crippen LogP contribution in [0.4, 0.5) is 4.39 Å². The molecule has 0 saturated heterocycles. The Balaban J connectivity index is 1.92. The molecule has 2 N–H and O–H groups in total. The van der Waals surface area contributed by atoms with E-state index in [1.807, 2.05) is 0 Å². The zero-order valence-electron chi connectivity index (χ0n) is 10.2. The number of fused-ring (bicyclic) bond motifs is 1. The van der Waals surface area contributed by atoms with Gasteiger partial charge in [-0.25, -0.2) is 4.39 Å². The van der Waals surface area contributed by atoms with Gasteiger partial charge in [0.15, 0.2) is 0 Å². The molecule has 1 saturated carbocycles. The van der Waals surface area contributed by atoms with Crippen molar-refractivity contribution < 1.29 is 13.5 Å². The molecular weight excluding hydrogens is 233 g/mol. The summed E-state index contributed by atoms with van der Waals surface area (Å²) in [6.07, 6.45) is 2.29. The fourth-order valence-corrected chi connectivity index (χ4v) is 2.42. The molecule has 96 valence electrons. The van der Waals surface area contributed by atoms with Gasteiger partial charge in [-0.1, -0.05) is 0 Å². The van der Waals surface area contributed by atoms with E-state index in [0.29, 0.717) is 17.3 Å². The van der Waals surface area contributed by atoms with E-state index in [9.17, 15) is 4.39 Å². The minimum absolute atomic E-state index is 0.0181. The van der Waals surface area contributed by atoms with Crippen molar-refractivity contribution in [3.8, 4) is 0 Å². The Bertz CT molecular complexity index is 562. The second-order valence-corrected chi connectivity index (χ2v) is 4.89. The monoisotopic (exact) mass is 249 g/mol. The van der Waals surface area contributed by atoms with Crippen LogP contribution in [-0.2, 0) is 4.74 Å². The number of hydrogen-bond donors (Lipinski definition) is 1. The lowest BCUT2D eigenvalue weighted by atomic mass is 10.0. The molecule has 4 heteroatoms. The van der Waals surface area contributed by atoms with Gasteiger partial charge in [-0.05, 0) is 43.0 Å². The number of furan rings is 1. The number of benzene rings is 1. The van der Waals surface area contributed by atoms with Gasteiger partial charge in [0.05, 0.1) is 12.1 Å². The average molecular weight is 249 g/mol. The fraction of sp³-hybridized carbons (Fsp3) is 0.429. The van der Waals surface area contributed by atoms with E-state index in [2.05, 4.69) is 0 Å². The van der Waals surface area contributed by atoms with E-state index in [4.69, 9.17) is 14.9 Å². The van der Waals surface area contributed by atoms with Crippen LogP contribution in [0.15, 0.2) is 28.7 Å². The van der Waals surface area contributed by atoms with Crippen LogP contribution in [-0.4, -0.2) is 13.2 Å². The van der Waals surface area contributed by atoms with Gasteiger partial charge in [-0.3, -0.25) is 0 Å². The number of rotatable bonds is 4. The Hall–Kier alpha value is -1.39. The molecular formula is C14H16FNO2. The highest BCUT2D eigenvalue weighted by molar-refractivity contribution is 5.78. The first kappa shape index (κ1) is 11.7. The SMILES string of the molecule is COC(C1CC1)C(N)c1cc2cc(F)ccc2o1. The molecule has 2 aromatic rings. The topological polar surface area (TPSA) is 48.4 Å². The van der Waals surface area contributed by atoms with Crippen molar-refractivity contribution in [1.29, 1.82) is 0 Å². The van der Waals surface area contributed by atoms with E-state index < -0.39 is 0 Å². The summed E-state index contributed by atoms with van der Waals surface area (Å²) < 4.78 is 24.2. The maximum Gasteiger partial charge on any atom is 0.134 e. The summed E-state index contributed by atoms with van der Waals surface area (Å²) in [7, 11) is 1.67. The summed E-state index contributed by atoms with van der Waals surface area (Å²) >= 11 is 0. The van der Waals surface area contributed by atoms with Crippen LogP contribution >= 0.6 is 0 Å². The van der Waals surface area contributed by atoms with E-state index >= 15 is 0 Å². The van der Waals surface area contributed by atoms with Gasteiger partial charge >= 0.3 is 0 Å². The van der Waals surface area contributed by atoms with E-state index in [0.717, 1.165) is 18.2 Å². The number of ether oxygens (including phenoxy) is 1. The highest BCUT2D eigenvalue weighted by Crippen LogP contribution is 2.39. The van der Waals surface area contributed by atoms with Gasteiger partial charge in [0, 0.05) is 12.5 Å². The van der Waals surface area contributed by atoms with Crippen molar-refractivity contribution in [3.05, 3.63) is 35.8 Å². The smallest absolute Gasteiger partial charge is 0.134 e. The molecule has 0 bridgehead atoms. The van der Waals surface area contributed by atoms with Crippen molar-refractivity contribution in [3.63, 3.8) is 0 Å². The largest absolute Gasteiger partial charge is 0.459 e. The van der Waals surface area contributed by atoms with Gasteiger partial charge in [-0.15, -0.1) is 0 Å². The van der Waals surface area contributed by atoms with Gasteiger partial charge < -0.3 is 14.9 Å². The minimum Gasteiger partial charge on any atom is -0.459 e. The Labute approximate surface area is 105 Å². The second-order valence-electron chi connectivity index (χ2n) is 4.89. The van der Waals surface area contributed by atoms with Crippen LogP contribution < -0.4 is 5.73 Å². The Morgan fingerprint density at radius 3 is 2.83 bits per heavy atom. The summed E-state index contributed by atoms with van der Waals surface area (Å²) in [5.74, 6) is 0.915. The molecule has 2 atom stereocenters. The van der Waals surface area contributed by atoms with Crippen LogP contribution in [0, 0.1) is 11.7 Å². The maximum atomic E-state index is 13.1. The highest BCUT2D eigenvalue weighted by Gasteiger charge is 2.37. The maximum absolute atomic E-state index is 13.1. The van der Waals surface area contributed by atoms with Crippen LogP contribution in [0.2, 0.25) is 0 Å². The lowest BCUT2D eigenvalue weighted by Gasteiger charge is -2.20. The number of halogens is 1. The molecule has 1 aliphatic carbocycles. The summed E-state index contributed by atoms with van der Waals surface area (Å²) in [4.78, 5) is 0. The molecule has 3 nitrogen and oxygen atoms in total. The summed E-state index contributed by atoms with van der Waals surface area (Å²) in [5, 5.41) is 0.742. The number of hydrogen-bond acceptors (Lipinski definition) is 3. The van der Waals surface area contributed by atoms with Crippen LogP contribution in [0.3, 0.4) is 0 Å². The predicted octanol–water partition coefficient (Wildman–Crippen LogP) is 3.00. The third-order valence-electron chi connectivity index (χ3n) is 3.54. The normalized spacial score (nSPS) is 19.1. The summed E-state index contributed by atoms with van der Waals surface area (Å²) in [5.41, 5.74) is 6.84. The second kappa shape index (κ2) is 4.37. The van der Waals surface area contributed by atoms with Crippen molar-refractivity contribution in [2.75, 3.05) is 7.11 Å². The molecule has 1 aromatic heterocycles. The standard InChI is InChI=1S/C14H16FNO2/c1-17-14(8-2-3-8)13(16)12-7-9-6-10(15)4-5-11(9)18-12/h4-8,13-14H,2-3,16H2,1H3. The summed E-state index contributed by atoms with van der Waals surface area (Å²) in [6.45, 7) is 0. The zero-order valence-corrected chi connectivity index (χ0v) is 10.2. The summed E-state index contributed by atoms with van der Waals surface area (Å²) in [6, 6.07) is 5.97. The lowest BCUT2D eigenvalue weighted by Crippen LogP contribution is -2.29.